The molecule has 2 aromatic rings. The van der Waals surface area contributed by atoms with Crippen LogP contribution >= 0.6 is 0 Å². The molecule has 3 heterocycles. The van der Waals surface area contributed by atoms with Crippen LogP contribution in [-0.4, -0.2) is 61.8 Å². The van der Waals surface area contributed by atoms with Crippen molar-refractivity contribution in [1.82, 2.24) is 24.9 Å². The third-order valence-electron chi connectivity index (χ3n) is 6.37. The van der Waals surface area contributed by atoms with Crippen LogP contribution in [0.15, 0.2) is 27.4 Å². The van der Waals surface area contributed by atoms with Gasteiger partial charge in [-0.2, -0.15) is 4.68 Å². The molecular weight excluding hydrogens is 445 g/mol. The Balaban J connectivity index is 1.32. The van der Waals surface area contributed by atoms with Crippen LogP contribution in [0.2, 0.25) is 0 Å². The molecular formula is C23H28FN5O5. The van der Waals surface area contributed by atoms with Crippen LogP contribution in [0, 0.1) is 5.82 Å². The first kappa shape index (κ1) is 23.8. The Labute approximate surface area is 195 Å². The first-order chi connectivity index (χ1) is 16.1. The van der Waals surface area contributed by atoms with E-state index in [2.05, 4.69) is 10.4 Å². The lowest BCUT2D eigenvalue weighted by molar-refractivity contribution is -0.134. The molecule has 34 heavy (non-hydrogen) atoms. The molecule has 182 valence electrons. The van der Waals surface area contributed by atoms with Crippen LogP contribution in [0.1, 0.15) is 54.9 Å². The van der Waals surface area contributed by atoms with E-state index in [1.54, 1.807) is 11.0 Å². The maximum atomic E-state index is 14.0. The monoisotopic (exact) mass is 473 g/mol. The number of nitrogens with zero attached hydrogens (tertiary/aromatic N) is 4. The Bertz CT molecular complexity index is 1190. The Hall–Kier alpha value is -3.34. The van der Waals surface area contributed by atoms with Crippen LogP contribution in [0.5, 0.6) is 0 Å². The van der Waals surface area contributed by atoms with Gasteiger partial charge in [0.25, 0.3) is 5.89 Å². The van der Waals surface area contributed by atoms with Gasteiger partial charge in [0.1, 0.15) is 11.9 Å². The van der Waals surface area contributed by atoms with Crippen molar-refractivity contribution < 1.29 is 23.2 Å². The number of ketones is 1. The summed E-state index contributed by atoms with van der Waals surface area (Å²) < 4.78 is 19.8. The highest BCUT2D eigenvalue weighted by molar-refractivity contribution is 5.98. The van der Waals surface area contributed by atoms with Crippen molar-refractivity contribution in [3.8, 4) is 0 Å². The predicted octanol–water partition coefficient (Wildman–Crippen LogP) is 0.987. The van der Waals surface area contributed by atoms with Crippen molar-refractivity contribution in [3.05, 3.63) is 51.6 Å². The number of aromatic nitrogens is 2. The molecule has 1 N–H and O–H groups in total. The van der Waals surface area contributed by atoms with Crippen molar-refractivity contribution in [2.75, 3.05) is 13.1 Å². The summed E-state index contributed by atoms with van der Waals surface area (Å²) in [5.74, 6) is -2.28. The fraction of sp³-hybridized carbons (Fsp3) is 0.522. The van der Waals surface area contributed by atoms with E-state index in [-0.39, 0.29) is 43.0 Å². The topological polar surface area (TPSA) is 118 Å². The highest BCUT2D eigenvalue weighted by atomic mass is 19.1. The van der Waals surface area contributed by atoms with Crippen LogP contribution in [0.3, 0.4) is 0 Å². The lowest BCUT2D eigenvalue weighted by atomic mass is 9.99. The number of amides is 2. The van der Waals surface area contributed by atoms with Crippen LogP contribution in [0.4, 0.5) is 4.39 Å². The quantitative estimate of drug-likeness (QED) is 0.596. The Morgan fingerprint density at radius 2 is 2.00 bits per heavy atom. The van der Waals surface area contributed by atoms with Gasteiger partial charge >= 0.3 is 5.76 Å². The van der Waals surface area contributed by atoms with E-state index in [0.29, 0.717) is 31.5 Å². The fourth-order valence-electron chi connectivity index (χ4n) is 4.45. The SMILES string of the molecule is Cn1nc(C(=O)C2CCCN2C(=O)CNC(C)(C)CC(=O)N2Cc3cccc(F)c3C2)oc1=O. The van der Waals surface area contributed by atoms with E-state index in [1.807, 2.05) is 19.9 Å². The number of fused-ring (bicyclic) bond motifs is 1. The number of nitrogens with one attached hydrogen (secondary N) is 1. The summed E-state index contributed by atoms with van der Waals surface area (Å²) in [4.78, 5) is 53.0. The first-order valence-corrected chi connectivity index (χ1v) is 11.2. The molecule has 2 aliphatic rings. The summed E-state index contributed by atoms with van der Waals surface area (Å²) in [5.41, 5.74) is 0.653. The molecule has 0 bridgehead atoms. The smallest absolute Gasteiger partial charge is 0.384 e. The number of rotatable bonds is 7. The third-order valence-corrected chi connectivity index (χ3v) is 6.37. The Kier molecular flexibility index (Phi) is 6.39. The normalized spacial score (nSPS) is 17.8. The van der Waals surface area contributed by atoms with Crippen LogP contribution in [-0.2, 0) is 29.7 Å². The standard InChI is InChI=1S/C23H28FN5O5/c1-23(2,10-18(30)28-12-14-6-4-7-16(24)15(14)13-28)25-11-19(31)29-9-5-8-17(29)20(32)21-26-27(3)22(33)34-21/h4,6-7,17,25H,5,8-13H2,1-3H3. The van der Waals surface area contributed by atoms with Gasteiger partial charge in [0.15, 0.2) is 0 Å². The molecule has 0 radical (unpaired) electrons. The van der Waals surface area contributed by atoms with Crippen LogP contribution in [0.25, 0.3) is 0 Å². The van der Waals surface area contributed by atoms with E-state index in [0.717, 1.165) is 10.2 Å². The lowest BCUT2D eigenvalue weighted by Gasteiger charge is -2.30. The maximum absolute atomic E-state index is 14.0. The van der Waals surface area contributed by atoms with Gasteiger partial charge in [-0.05, 0) is 38.3 Å². The molecule has 1 unspecified atom stereocenters. The number of aryl methyl sites for hydroxylation is 1. The molecule has 2 amide bonds. The molecule has 1 aromatic carbocycles. The summed E-state index contributed by atoms with van der Waals surface area (Å²) in [5, 5.41) is 6.91. The van der Waals surface area contributed by atoms with Gasteiger partial charge in [0.05, 0.1) is 6.54 Å². The van der Waals surface area contributed by atoms with E-state index in [9.17, 15) is 23.6 Å². The summed E-state index contributed by atoms with van der Waals surface area (Å²) in [6.07, 6.45) is 1.23. The van der Waals surface area contributed by atoms with Gasteiger partial charge in [-0.25, -0.2) is 9.18 Å². The second-order valence-corrected chi connectivity index (χ2v) is 9.45. The first-order valence-electron chi connectivity index (χ1n) is 11.2. The molecule has 4 rings (SSSR count). The molecule has 2 aliphatic heterocycles. The highest BCUT2D eigenvalue weighted by Gasteiger charge is 2.38. The van der Waals surface area contributed by atoms with E-state index >= 15 is 0 Å². The van der Waals surface area contributed by atoms with Gasteiger partial charge in [-0.15, -0.1) is 5.10 Å². The minimum atomic E-state index is -0.741. The molecule has 11 heteroatoms. The van der Waals surface area contributed by atoms with Gasteiger partial charge in [-0.1, -0.05) is 12.1 Å². The summed E-state index contributed by atoms with van der Waals surface area (Å²) >= 11 is 0. The number of Topliss-reactive ketones (excluding diaryl/α,β-unsaturated/α-hetero) is 1. The second kappa shape index (κ2) is 9.13. The summed E-state index contributed by atoms with van der Waals surface area (Å²) in [6, 6.07) is 4.10. The van der Waals surface area contributed by atoms with Gasteiger partial charge in [-0.3, -0.25) is 14.4 Å². The van der Waals surface area contributed by atoms with Crippen molar-refractivity contribution in [1.29, 1.82) is 0 Å². The number of carbonyl (C=O) groups is 3. The fourth-order valence-corrected chi connectivity index (χ4v) is 4.45. The maximum Gasteiger partial charge on any atom is 0.437 e. The second-order valence-electron chi connectivity index (χ2n) is 9.45. The average Bonchev–Trinajstić information content (AvgIpc) is 3.51. The lowest BCUT2D eigenvalue weighted by Crippen LogP contribution is -2.50. The number of carbonyl (C=O) groups excluding carboxylic acids is 3. The molecule has 1 fully saturated rings. The van der Waals surface area contributed by atoms with Gasteiger partial charge in [0.2, 0.25) is 17.6 Å². The molecule has 0 aliphatic carbocycles. The molecule has 1 atom stereocenters. The van der Waals surface area contributed by atoms with E-state index in [1.165, 1.54) is 18.0 Å². The number of halogens is 1. The van der Waals surface area contributed by atoms with Crippen molar-refractivity contribution >= 4 is 17.6 Å². The van der Waals surface area contributed by atoms with Crippen molar-refractivity contribution in [2.24, 2.45) is 7.05 Å². The number of benzene rings is 1. The molecule has 0 saturated carbocycles. The minimum Gasteiger partial charge on any atom is -0.384 e. The predicted molar refractivity (Wildman–Crippen MR) is 118 cm³/mol. The van der Waals surface area contributed by atoms with Crippen molar-refractivity contribution in [2.45, 2.75) is 57.8 Å². The molecule has 1 aromatic heterocycles. The number of hydrogen-bond donors (Lipinski definition) is 1. The van der Waals surface area contributed by atoms with Crippen molar-refractivity contribution in [3.63, 3.8) is 0 Å². The Morgan fingerprint density at radius 3 is 2.68 bits per heavy atom. The Morgan fingerprint density at radius 1 is 1.24 bits per heavy atom. The number of likely N-dealkylation sites (tertiary alicyclic amines) is 1. The van der Waals surface area contributed by atoms with E-state index < -0.39 is 23.1 Å². The van der Waals surface area contributed by atoms with Gasteiger partial charge < -0.3 is 19.5 Å². The zero-order valence-electron chi connectivity index (χ0n) is 19.5. The van der Waals surface area contributed by atoms with E-state index in [4.69, 9.17) is 4.42 Å². The number of hydrogen-bond acceptors (Lipinski definition) is 7. The van der Waals surface area contributed by atoms with Gasteiger partial charge in [0, 0.05) is 44.2 Å². The summed E-state index contributed by atoms with van der Waals surface area (Å²) in [6.45, 7) is 4.57. The zero-order chi connectivity index (χ0) is 24.6. The zero-order valence-corrected chi connectivity index (χ0v) is 19.5. The minimum absolute atomic E-state index is 0.0644. The average molecular weight is 474 g/mol. The third kappa shape index (κ3) is 4.79. The molecule has 1 saturated heterocycles. The largest absolute Gasteiger partial charge is 0.437 e. The highest BCUT2D eigenvalue weighted by Crippen LogP contribution is 2.27. The molecule has 10 nitrogen and oxygen atoms in total. The molecule has 0 spiro atoms. The summed E-state index contributed by atoms with van der Waals surface area (Å²) in [7, 11) is 1.38. The van der Waals surface area contributed by atoms with Crippen LogP contribution < -0.4 is 11.1 Å².